The monoisotopic (exact) mass is 288 g/mol. The largest absolute Gasteiger partial charge is 0.508 e. The van der Waals surface area contributed by atoms with Crippen molar-refractivity contribution in [3.8, 4) is 5.75 Å². The molecule has 0 aliphatic carbocycles. The number of carbonyl (C=O) groups excluding carboxylic acids is 1. The summed E-state index contributed by atoms with van der Waals surface area (Å²) in [7, 11) is 0. The molecule has 22 heavy (non-hydrogen) atoms. The fourth-order valence-electron chi connectivity index (χ4n) is 2.52. The number of carbonyl (C=O) groups is 1. The first-order valence-corrected chi connectivity index (χ1v) is 7.20. The number of rotatable bonds is 4. The predicted octanol–water partition coefficient (Wildman–Crippen LogP) is 4.21. The summed E-state index contributed by atoms with van der Waals surface area (Å²) in [5.41, 5.74) is 2.91. The molecule has 108 valence electrons. The van der Waals surface area contributed by atoms with Gasteiger partial charge in [-0.05, 0) is 11.6 Å². The Hall–Kier alpha value is -2.87. The van der Waals surface area contributed by atoms with Crippen molar-refractivity contribution in [2.75, 3.05) is 0 Å². The van der Waals surface area contributed by atoms with Gasteiger partial charge >= 0.3 is 0 Å². The van der Waals surface area contributed by atoms with Gasteiger partial charge in [-0.3, -0.25) is 4.79 Å². The van der Waals surface area contributed by atoms with E-state index >= 15 is 0 Å². The lowest BCUT2D eigenvalue weighted by atomic mass is 9.93. The Bertz CT molecular complexity index is 777. The first kappa shape index (κ1) is 14.1. The Morgan fingerprint density at radius 3 is 2.09 bits per heavy atom. The van der Waals surface area contributed by atoms with E-state index in [1.54, 1.807) is 30.3 Å². The highest BCUT2D eigenvalue weighted by atomic mass is 16.3. The molecular weight excluding hydrogens is 272 g/mol. The molecule has 0 atom stereocenters. The quantitative estimate of drug-likeness (QED) is 0.730. The van der Waals surface area contributed by atoms with Crippen molar-refractivity contribution >= 4 is 5.78 Å². The average molecular weight is 288 g/mol. The molecule has 2 nitrogen and oxygen atoms in total. The molecule has 2 heteroatoms. The van der Waals surface area contributed by atoms with Crippen molar-refractivity contribution in [2.24, 2.45) is 0 Å². The van der Waals surface area contributed by atoms with Crippen molar-refractivity contribution in [2.45, 2.75) is 6.42 Å². The van der Waals surface area contributed by atoms with E-state index in [-0.39, 0.29) is 11.5 Å². The summed E-state index contributed by atoms with van der Waals surface area (Å²) >= 11 is 0. The summed E-state index contributed by atoms with van der Waals surface area (Å²) in [5.74, 6) is 0.0908. The van der Waals surface area contributed by atoms with Gasteiger partial charge in [0.2, 0.25) is 0 Å². The van der Waals surface area contributed by atoms with Gasteiger partial charge in [0.1, 0.15) is 5.75 Å². The van der Waals surface area contributed by atoms with E-state index in [4.69, 9.17) is 0 Å². The Kier molecular flexibility index (Phi) is 4.01. The molecule has 0 aromatic heterocycles. The van der Waals surface area contributed by atoms with Crippen LogP contribution in [0.25, 0.3) is 0 Å². The lowest BCUT2D eigenvalue weighted by Crippen LogP contribution is -2.06. The Morgan fingerprint density at radius 2 is 1.41 bits per heavy atom. The first-order valence-electron chi connectivity index (χ1n) is 7.20. The summed E-state index contributed by atoms with van der Waals surface area (Å²) in [6.45, 7) is 0. The third kappa shape index (κ3) is 2.91. The molecule has 0 saturated heterocycles. The SMILES string of the molecule is O=C(c1ccccc1)c1cccc(O)c1Cc1ccccc1. The molecule has 0 aliphatic heterocycles. The lowest BCUT2D eigenvalue weighted by molar-refractivity contribution is 0.103. The molecule has 3 aromatic rings. The summed E-state index contributed by atoms with van der Waals surface area (Å²) in [5, 5.41) is 10.2. The van der Waals surface area contributed by atoms with Crippen LogP contribution in [0.3, 0.4) is 0 Å². The third-order valence-electron chi connectivity index (χ3n) is 3.66. The molecule has 3 aromatic carbocycles. The van der Waals surface area contributed by atoms with Crippen LogP contribution in [0.4, 0.5) is 0 Å². The number of ketones is 1. The van der Waals surface area contributed by atoms with Crippen LogP contribution in [-0.2, 0) is 6.42 Å². The normalized spacial score (nSPS) is 10.4. The Labute approximate surface area is 129 Å². The Morgan fingerprint density at radius 1 is 0.773 bits per heavy atom. The molecule has 3 rings (SSSR count). The fourth-order valence-corrected chi connectivity index (χ4v) is 2.52. The van der Waals surface area contributed by atoms with Gasteiger partial charge in [-0.25, -0.2) is 0 Å². The maximum Gasteiger partial charge on any atom is 0.193 e. The molecule has 0 bridgehead atoms. The highest BCUT2D eigenvalue weighted by Crippen LogP contribution is 2.26. The molecule has 0 spiro atoms. The van der Waals surface area contributed by atoms with E-state index in [0.717, 1.165) is 5.56 Å². The first-order chi connectivity index (χ1) is 10.8. The zero-order chi connectivity index (χ0) is 15.4. The van der Waals surface area contributed by atoms with E-state index in [1.807, 2.05) is 48.5 Å². The molecule has 0 radical (unpaired) electrons. The van der Waals surface area contributed by atoms with E-state index in [0.29, 0.717) is 23.1 Å². The average Bonchev–Trinajstić information content (AvgIpc) is 2.58. The standard InChI is InChI=1S/C20H16O2/c21-19-13-7-12-17(20(22)16-10-5-2-6-11-16)18(19)14-15-8-3-1-4-9-15/h1-13,21H,14H2. The second kappa shape index (κ2) is 6.27. The highest BCUT2D eigenvalue weighted by Gasteiger charge is 2.16. The molecule has 0 amide bonds. The van der Waals surface area contributed by atoms with Crippen LogP contribution in [0.1, 0.15) is 27.0 Å². The van der Waals surface area contributed by atoms with E-state index in [1.165, 1.54) is 0 Å². The topological polar surface area (TPSA) is 37.3 Å². The minimum Gasteiger partial charge on any atom is -0.508 e. The number of hydrogen-bond acceptors (Lipinski definition) is 2. The van der Waals surface area contributed by atoms with Gasteiger partial charge < -0.3 is 5.11 Å². The van der Waals surface area contributed by atoms with Crippen LogP contribution in [0.5, 0.6) is 5.75 Å². The van der Waals surface area contributed by atoms with E-state index < -0.39 is 0 Å². The van der Waals surface area contributed by atoms with Crippen molar-refractivity contribution in [1.29, 1.82) is 0 Å². The maximum absolute atomic E-state index is 12.7. The van der Waals surface area contributed by atoms with Crippen molar-refractivity contribution in [3.05, 3.63) is 101 Å². The minimum atomic E-state index is -0.0672. The second-order valence-electron chi connectivity index (χ2n) is 5.16. The smallest absolute Gasteiger partial charge is 0.193 e. The van der Waals surface area contributed by atoms with Crippen LogP contribution in [0.2, 0.25) is 0 Å². The fraction of sp³-hybridized carbons (Fsp3) is 0.0500. The molecule has 0 heterocycles. The molecule has 0 saturated carbocycles. The van der Waals surface area contributed by atoms with Crippen LogP contribution in [0, 0.1) is 0 Å². The van der Waals surface area contributed by atoms with E-state index in [2.05, 4.69) is 0 Å². The molecular formula is C20H16O2. The van der Waals surface area contributed by atoms with Gasteiger partial charge in [-0.15, -0.1) is 0 Å². The lowest BCUT2D eigenvalue weighted by Gasteiger charge is -2.11. The van der Waals surface area contributed by atoms with Gasteiger partial charge in [0.05, 0.1) is 0 Å². The summed E-state index contributed by atoms with van der Waals surface area (Å²) < 4.78 is 0. The van der Waals surface area contributed by atoms with Gasteiger partial charge in [0.15, 0.2) is 5.78 Å². The number of hydrogen-bond donors (Lipinski definition) is 1. The summed E-state index contributed by atoms with van der Waals surface area (Å²) in [6.07, 6.45) is 0.529. The van der Waals surface area contributed by atoms with Gasteiger partial charge in [0, 0.05) is 23.1 Å². The van der Waals surface area contributed by atoms with Gasteiger partial charge in [0.25, 0.3) is 0 Å². The maximum atomic E-state index is 12.7. The molecule has 0 fully saturated rings. The molecule has 1 N–H and O–H groups in total. The van der Waals surface area contributed by atoms with Crippen LogP contribution < -0.4 is 0 Å². The number of phenolic OH excluding ortho intramolecular Hbond substituents is 1. The van der Waals surface area contributed by atoms with E-state index in [9.17, 15) is 9.90 Å². The molecule has 0 unspecified atom stereocenters. The second-order valence-corrected chi connectivity index (χ2v) is 5.16. The summed E-state index contributed by atoms with van der Waals surface area (Å²) in [4.78, 5) is 12.7. The minimum absolute atomic E-state index is 0.0672. The van der Waals surface area contributed by atoms with Crippen LogP contribution in [-0.4, -0.2) is 10.9 Å². The summed E-state index contributed by atoms with van der Waals surface area (Å²) in [6, 6.07) is 24.1. The van der Waals surface area contributed by atoms with Crippen LogP contribution >= 0.6 is 0 Å². The Balaban J connectivity index is 2.02. The highest BCUT2D eigenvalue weighted by molar-refractivity contribution is 6.10. The van der Waals surface area contributed by atoms with Crippen molar-refractivity contribution < 1.29 is 9.90 Å². The number of benzene rings is 3. The third-order valence-corrected chi connectivity index (χ3v) is 3.66. The number of phenols is 1. The number of aromatic hydroxyl groups is 1. The van der Waals surface area contributed by atoms with Crippen molar-refractivity contribution in [1.82, 2.24) is 0 Å². The van der Waals surface area contributed by atoms with Crippen molar-refractivity contribution in [3.63, 3.8) is 0 Å². The van der Waals surface area contributed by atoms with Gasteiger partial charge in [-0.1, -0.05) is 72.8 Å². The zero-order valence-electron chi connectivity index (χ0n) is 12.1. The zero-order valence-corrected chi connectivity index (χ0v) is 12.1. The molecule has 0 aliphatic rings. The predicted molar refractivity (Wildman–Crippen MR) is 87.2 cm³/mol. The van der Waals surface area contributed by atoms with Gasteiger partial charge in [-0.2, -0.15) is 0 Å². The van der Waals surface area contributed by atoms with Crippen LogP contribution in [0.15, 0.2) is 78.9 Å².